The van der Waals surface area contributed by atoms with Crippen LogP contribution < -0.4 is 4.90 Å². The lowest BCUT2D eigenvalue weighted by Gasteiger charge is -2.23. The maximum absolute atomic E-state index is 12.9. The molecule has 0 N–H and O–H groups in total. The number of rotatable bonds is 11. The van der Waals surface area contributed by atoms with Crippen LogP contribution in [0.25, 0.3) is 0 Å². The lowest BCUT2D eigenvalue weighted by atomic mass is 10.1. The summed E-state index contributed by atoms with van der Waals surface area (Å²) >= 11 is 6.48. The van der Waals surface area contributed by atoms with Gasteiger partial charge >= 0.3 is 6.03 Å². The molecule has 7 heteroatoms. The van der Waals surface area contributed by atoms with Crippen molar-refractivity contribution < 1.29 is 4.79 Å². The van der Waals surface area contributed by atoms with Gasteiger partial charge in [0.1, 0.15) is 17.7 Å². The van der Waals surface area contributed by atoms with Gasteiger partial charge in [0.05, 0.1) is 5.69 Å². The molecule has 0 aliphatic heterocycles. The van der Waals surface area contributed by atoms with Gasteiger partial charge in [0.2, 0.25) is 0 Å². The number of halogens is 1. The predicted molar refractivity (Wildman–Crippen MR) is 109 cm³/mol. The van der Waals surface area contributed by atoms with E-state index in [0.717, 1.165) is 18.5 Å². The fourth-order valence-electron chi connectivity index (χ4n) is 3.04. The first-order chi connectivity index (χ1) is 13.2. The molecule has 0 saturated carbocycles. The van der Waals surface area contributed by atoms with E-state index in [1.54, 1.807) is 17.3 Å². The third kappa shape index (κ3) is 6.31. The van der Waals surface area contributed by atoms with Crippen molar-refractivity contribution in [1.82, 2.24) is 19.5 Å². The van der Waals surface area contributed by atoms with E-state index in [4.69, 9.17) is 11.6 Å². The smallest absolute Gasteiger partial charge is 0.276 e. The zero-order valence-electron chi connectivity index (χ0n) is 16.4. The molecule has 6 nitrogen and oxygen atoms in total. The van der Waals surface area contributed by atoms with E-state index in [0.29, 0.717) is 23.8 Å². The van der Waals surface area contributed by atoms with Crippen LogP contribution in [0.3, 0.4) is 0 Å². The third-order valence-corrected chi connectivity index (χ3v) is 5.01. The number of amides is 1. The normalized spacial score (nSPS) is 10.9. The van der Waals surface area contributed by atoms with Gasteiger partial charge in [-0.3, -0.25) is 9.47 Å². The Bertz CT molecular complexity index is 690. The highest BCUT2D eigenvalue weighted by Gasteiger charge is 2.22. The Morgan fingerprint density at radius 3 is 2.41 bits per heavy atom. The number of anilines is 1. The van der Waals surface area contributed by atoms with Crippen LogP contribution in [0.2, 0.25) is 5.02 Å². The molecule has 0 unspecified atom stereocenters. The molecule has 0 atom stereocenters. The molecule has 0 saturated heterocycles. The molecular formula is C20H30ClN5O. The van der Waals surface area contributed by atoms with Crippen LogP contribution in [0, 0.1) is 0 Å². The highest BCUT2D eigenvalue weighted by atomic mass is 35.5. The zero-order chi connectivity index (χ0) is 19.5. The summed E-state index contributed by atoms with van der Waals surface area (Å²) in [5, 5.41) is 0.452. The van der Waals surface area contributed by atoms with E-state index < -0.39 is 0 Å². The molecule has 0 radical (unpaired) electrons. The number of imidazole rings is 1. The molecule has 0 fully saturated rings. The van der Waals surface area contributed by atoms with Crippen LogP contribution in [0.1, 0.15) is 70.9 Å². The van der Waals surface area contributed by atoms with Crippen LogP contribution >= 0.6 is 11.6 Å². The van der Waals surface area contributed by atoms with E-state index in [1.807, 2.05) is 6.92 Å². The molecule has 148 valence electrons. The minimum Gasteiger partial charge on any atom is -0.276 e. The largest absolute Gasteiger partial charge is 0.335 e. The quantitative estimate of drug-likeness (QED) is 0.474. The molecule has 0 aromatic carbocycles. The summed E-state index contributed by atoms with van der Waals surface area (Å²) in [7, 11) is 0. The zero-order valence-corrected chi connectivity index (χ0v) is 17.2. The van der Waals surface area contributed by atoms with Crippen molar-refractivity contribution in [2.75, 3.05) is 11.4 Å². The third-order valence-electron chi connectivity index (χ3n) is 4.63. The van der Waals surface area contributed by atoms with Crippen molar-refractivity contribution in [2.24, 2.45) is 0 Å². The molecule has 0 aliphatic rings. The van der Waals surface area contributed by atoms with E-state index in [-0.39, 0.29) is 6.03 Å². The lowest BCUT2D eigenvalue weighted by molar-refractivity contribution is 0.247. The Balaban J connectivity index is 2.00. The maximum atomic E-state index is 12.9. The predicted octanol–water partition coefficient (Wildman–Crippen LogP) is 5.50. The van der Waals surface area contributed by atoms with Gasteiger partial charge in [-0.1, -0.05) is 70.4 Å². The van der Waals surface area contributed by atoms with Crippen LogP contribution in [0.5, 0.6) is 0 Å². The standard InChI is InChI=1S/C20H30ClN5O/c1-3-5-6-7-8-9-10-11-13-26(20(27)25-14-12-22-16-25)19-18(21)17(4-2)23-15-24-19/h12,14-16H,3-11,13H2,1-2H3. The van der Waals surface area contributed by atoms with E-state index >= 15 is 0 Å². The summed E-state index contributed by atoms with van der Waals surface area (Å²) in [6.45, 7) is 4.79. The van der Waals surface area contributed by atoms with Gasteiger partial charge in [-0.2, -0.15) is 0 Å². The molecule has 2 aromatic rings. The lowest BCUT2D eigenvalue weighted by Crippen LogP contribution is -2.36. The second-order valence-electron chi connectivity index (χ2n) is 6.69. The molecule has 1 amide bonds. The monoisotopic (exact) mass is 391 g/mol. The number of hydrogen-bond donors (Lipinski definition) is 0. The molecule has 0 bridgehead atoms. The number of aryl methyl sites for hydroxylation is 1. The Morgan fingerprint density at radius 2 is 1.78 bits per heavy atom. The van der Waals surface area contributed by atoms with Gasteiger partial charge in [-0.25, -0.2) is 19.7 Å². The van der Waals surface area contributed by atoms with Crippen LogP contribution in [-0.2, 0) is 6.42 Å². The van der Waals surface area contributed by atoms with Crippen LogP contribution in [-0.4, -0.2) is 32.1 Å². The van der Waals surface area contributed by atoms with Crippen molar-refractivity contribution in [3.63, 3.8) is 0 Å². The van der Waals surface area contributed by atoms with Gasteiger partial charge in [0, 0.05) is 18.9 Å². The second kappa shape index (κ2) is 11.7. The highest BCUT2D eigenvalue weighted by Crippen LogP contribution is 2.27. The van der Waals surface area contributed by atoms with Crippen LogP contribution in [0.4, 0.5) is 10.6 Å². The topological polar surface area (TPSA) is 63.9 Å². The fraction of sp³-hybridized carbons (Fsp3) is 0.600. The van der Waals surface area contributed by atoms with Crippen molar-refractivity contribution in [3.8, 4) is 0 Å². The van der Waals surface area contributed by atoms with E-state index in [1.165, 1.54) is 55.7 Å². The minimum absolute atomic E-state index is 0.196. The molecule has 0 spiro atoms. The van der Waals surface area contributed by atoms with Crippen molar-refractivity contribution >= 4 is 23.4 Å². The van der Waals surface area contributed by atoms with Crippen LogP contribution in [0.15, 0.2) is 25.0 Å². The molecule has 2 aromatic heterocycles. The number of aromatic nitrogens is 4. The average Bonchev–Trinajstić information content (AvgIpc) is 3.22. The van der Waals surface area contributed by atoms with Gasteiger partial charge in [0.15, 0.2) is 5.82 Å². The summed E-state index contributed by atoms with van der Waals surface area (Å²) in [4.78, 5) is 27.0. The minimum atomic E-state index is -0.196. The summed E-state index contributed by atoms with van der Waals surface area (Å²) < 4.78 is 1.45. The molecule has 27 heavy (non-hydrogen) atoms. The summed E-state index contributed by atoms with van der Waals surface area (Å²) in [6, 6.07) is -0.196. The number of carbonyl (C=O) groups is 1. The molecular weight excluding hydrogens is 362 g/mol. The Labute approximate surface area is 167 Å². The van der Waals surface area contributed by atoms with Gasteiger partial charge in [-0.05, 0) is 12.8 Å². The molecule has 0 aliphatic carbocycles. The molecule has 2 rings (SSSR count). The Kier molecular flexibility index (Phi) is 9.25. The first-order valence-electron chi connectivity index (χ1n) is 9.98. The summed E-state index contributed by atoms with van der Waals surface area (Å²) in [5.41, 5.74) is 0.751. The van der Waals surface area contributed by atoms with Crippen molar-refractivity contribution in [3.05, 3.63) is 35.8 Å². The number of unbranched alkanes of at least 4 members (excludes halogenated alkanes) is 7. The summed E-state index contributed by atoms with van der Waals surface area (Å²) in [6.07, 6.45) is 16.5. The average molecular weight is 392 g/mol. The van der Waals surface area contributed by atoms with Crippen molar-refractivity contribution in [1.29, 1.82) is 0 Å². The van der Waals surface area contributed by atoms with Crippen molar-refractivity contribution in [2.45, 2.75) is 71.6 Å². The number of nitrogens with zero attached hydrogens (tertiary/aromatic N) is 5. The maximum Gasteiger partial charge on any atom is 0.335 e. The Hall–Kier alpha value is -1.95. The van der Waals surface area contributed by atoms with E-state index in [2.05, 4.69) is 21.9 Å². The highest BCUT2D eigenvalue weighted by molar-refractivity contribution is 6.34. The van der Waals surface area contributed by atoms with E-state index in [9.17, 15) is 4.79 Å². The first kappa shape index (κ1) is 21.4. The van der Waals surface area contributed by atoms with Gasteiger partial charge < -0.3 is 0 Å². The summed E-state index contributed by atoms with van der Waals surface area (Å²) in [5.74, 6) is 0.477. The number of hydrogen-bond acceptors (Lipinski definition) is 4. The van der Waals surface area contributed by atoms with Gasteiger partial charge in [-0.15, -0.1) is 0 Å². The van der Waals surface area contributed by atoms with Gasteiger partial charge in [0.25, 0.3) is 0 Å². The first-order valence-corrected chi connectivity index (χ1v) is 10.4. The SMILES string of the molecule is CCCCCCCCCCN(C(=O)n1ccnc1)c1ncnc(CC)c1Cl. The molecule has 2 heterocycles. The number of carbonyl (C=O) groups excluding carboxylic acids is 1. The second-order valence-corrected chi connectivity index (χ2v) is 7.07. The Morgan fingerprint density at radius 1 is 1.07 bits per heavy atom. The fourth-order valence-corrected chi connectivity index (χ4v) is 3.37.